The maximum absolute atomic E-state index is 13.0. The molecule has 0 unspecified atom stereocenters. The number of hydrogen-bond donors (Lipinski definition) is 1. The number of amides is 1. The second-order valence-electron chi connectivity index (χ2n) is 5.83. The Morgan fingerprint density at radius 1 is 1.17 bits per heavy atom. The third-order valence-corrected chi connectivity index (χ3v) is 4.07. The first-order valence-electron chi connectivity index (χ1n) is 7.56. The highest BCUT2D eigenvalue weighted by atomic mass is 35.5. The molecule has 24 heavy (non-hydrogen) atoms. The highest BCUT2D eigenvalue weighted by Crippen LogP contribution is 2.31. The lowest BCUT2D eigenvalue weighted by atomic mass is 10.1. The van der Waals surface area contributed by atoms with Crippen LogP contribution in [0, 0.1) is 0 Å². The smallest absolute Gasteiger partial charge is 0.270 e. The number of rotatable bonds is 5. The van der Waals surface area contributed by atoms with E-state index in [-0.39, 0.29) is 5.91 Å². The van der Waals surface area contributed by atoms with Gasteiger partial charge in [0.05, 0.1) is 10.7 Å². The van der Waals surface area contributed by atoms with Crippen LogP contribution in [0.1, 0.15) is 20.8 Å². The molecule has 0 bridgehead atoms. The van der Waals surface area contributed by atoms with Crippen LogP contribution in [0.15, 0.2) is 42.5 Å². The zero-order chi connectivity index (χ0) is 17.9. The Hall–Kier alpha value is -1.91. The number of halogens is 2. The van der Waals surface area contributed by atoms with Crippen LogP contribution in [-0.2, 0) is 4.79 Å². The molecule has 0 saturated heterocycles. The number of nitrogens with zero attached hydrogens (tertiary/aromatic N) is 1. The predicted octanol–water partition coefficient (Wildman–Crippen LogP) is 4.79. The van der Waals surface area contributed by atoms with Gasteiger partial charge in [-0.05, 0) is 63.2 Å². The number of benzene rings is 2. The lowest BCUT2D eigenvalue weighted by molar-refractivity contribution is -0.131. The standard InChI is InChI=1S/C18H20Cl2N2O2/c1-4-22(16-10-5-12(19)11-15(16)20)17(23)18(2,3)24-14-8-6-13(21)7-9-14/h5-11H,4,21H2,1-3H3. The summed E-state index contributed by atoms with van der Waals surface area (Å²) in [7, 11) is 0. The van der Waals surface area contributed by atoms with Crippen molar-refractivity contribution in [3.05, 3.63) is 52.5 Å². The molecule has 0 fully saturated rings. The van der Waals surface area contributed by atoms with Crippen LogP contribution in [0.2, 0.25) is 10.0 Å². The molecule has 4 nitrogen and oxygen atoms in total. The molecule has 6 heteroatoms. The van der Waals surface area contributed by atoms with E-state index in [4.69, 9.17) is 33.7 Å². The lowest BCUT2D eigenvalue weighted by Gasteiger charge is -2.32. The van der Waals surface area contributed by atoms with E-state index >= 15 is 0 Å². The first kappa shape index (κ1) is 18.4. The van der Waals surface area contributed by atoms with Gasteiger partial charge in [0.2, 0.25) is 0 Å². The molecule has 0 aromatic heterocycles. The number of carbonyl (C=O) groups excluding carboxylic acids is 1. The Kier molecular flexibility index (Phi) is 5.62. The molecule has 0 radical (unpaired) electrons. The zero-order valence-electron chi connectivity index (χ0n) is 13.8. The molecule has 0 aliphatic carbocycles. The summed E-state index contributed by atoms with van der Waals surface area (Å²) in [5, 5.41) is 0.936. The first-order valence-corrected chi connectivity index (χ1v) is 8.31. The van der Waals surface area contributed by atoms with E-state index < -0.39 is 5.60 Å². The SMILES string of the molecule is CCN(C(=O)C(C)(C)Oc1ccc(N)cc1)c1ccc(Cl)cc1Cl. The maximum Gasteiger partial charge on any atom is 0.270 e. The van der Waals surface area contributed by atoms with Crippen molar-refractivity contribution in [2.45, 2.75) is 26.4 Å². The average Bonchev–Trinajstić information content (AvgIpc) is 2.52. The van der Waals surface area contributed by atoms with Crippen molar-refractivity contribution in [3.8, 4) is 5.75 Å². The Morgan fingerprint density at radius 2 is 1.79 bits per heavy atom. The van der Waals surface area contributed by atoms with Crippen molar-refractivity contribution in [2.24, 2.45) is 0 Å². The Bertz CT molecular complexity index is 730. The van der Waals surface area contributed by atoms with Crippen molar-refractivity contribution in [2.75, 3.05) is 17.2 Å². The number of hydrogen-bond acceptors (Lipinski definition) is 3. The second kappa shape index (κ2) is 7.32. The predicted molar refractivity (Wildman–Crippen MR) is 100 cm³/mol. The molecule has 0 aliphatic rings. The summed E-state index contributed by atoms with van der Waals surface area (Å²) in [5.41, 5.74) is 5.83. The minimum absolute atomic E-state index is 0.203. The van der Waals surface area contributed by atoms with Crippen molar-refractivity contribution in [1.29, 1.82) is 0 Å². The molecule has 0 saturated carbocycles. The van der Waals surface area contributed by atoms with Crippen LogP contribution in [0.25, 0.3) is 0 Å². The summed E-state index contributed by atoms with van der Waals surface area (Å²) >= 11 is 12.2. The Labute approximate surface area is 152 Å². The number of anilines is 2. The molecule has 2 N–H and O–H groups in total. The van der Waals surface area contributed by atoms with Gasteiger partial charge < -0.3 is 15.4 Å². The molecule has 0 aliphatic heterocycles. The Balaban J connectivity index is 2.27. The molecular formula is C18H20Cl2N2O2. The van der Waals surface area contributed by atoms with Crippen LogP contribution in [-0.4, -0.2) is 18.1 Å². The van der Waals surface area contributed by atoms with Gasteiger partial charge in [0.1, 0.15) is 5.75 Å². The molecule has 2 aromatic rings. The van der Waals surface area contributed by atoms with E-state index in [1.165, 1.54) is 0 Å². The van der Waals surface area contributed by atoms with Gasteiger partial charge in [-0.1, -0.05) is 23.2 Å². The molecular weight excluding hydrogens is 347 g/mol. The largest absolute Gasteiger partial charge is 0.478 e. The number of ether oxygens (including phenoxy) is 1. The normalized spacial score (nSPS) is 11.2. The summed E-state index contributed by atoms with van der Waals surface area (Å²) < 4.78 is 5.87. The van der Waals surface area contributed by atoms with Gasteiger partial charge in [-0.15, -0.1) is 0 Å². The molecule has 128 valence electrons. The van der Waals surface area contributed by atoms with E-state index in [0.29, 0.717) is 33.7 Å². The second-order valence-corrected chi connectivity index (χ2v) is 6.67. The van der Waals surface area contributed by atoms with E-state index in [0.717, 1.165) is 0 Å². The van der Waals surface area contributed by atoms with Crippen molar-refractivity contribution in [1.82, 2.24) is 0 Å². The van der Waals surface area contributed by atoms with Crippen LogP contribution in [0.3, 0.4) is 0 Å². The highest BCUT2D eigenvalue weighted by molar-refractivity contribution is 6.36. The Morgan fingerprint density at radius 3 is 2.33 bits per heavy atom. The summed E-state index contributed by atoms with van der Waals surface area (Å²) in [6, 6.07) is 12.0. The van der Waals surface area contributed by atoms with Crippen LogP contribution in [0.5, 0.6) is 5.75 Å². The fraction of sp³-hybridized carbons (Fsp3) is 0.278. The third-order valence-electron chi connectivity index (χ3n) is 3.53. The fourth-order valence-electron chi connectivity index (χ4n) is 2.32. The van der Waals surface area contributed by atoms with Crippen molar-refractivity contribution < 1.29 is 9.53 Å². The minimum atomic E-state index is -1.07. The van der Waals surface area contributed by atoms with E-state index in [2.05, 4.69) is 0 Å². The summed E-state index contributed by atoms with van der Waals surface area (Å²) in [6.07, 6.45) is 0. The molecule has 2 aromatic carbocycles. The summed E-state index contributed by atoms with van der Waals surface area (Å²) in [6.45, 7) is 5.77. The topological polar surface area (TPSA) is 55.6 Å². The number of nitrogen functional groups attached to an aromatic ring is 1. The van der Waals surface area contributed by atoms with Gasteiger partial charge >= 0.3 is 0 Å². The maximum atomic E-state index is 13.0. The van der Waals surface area contributed by atoms with Gasteiger partial charge in [0.15, 0.2) is 5.60 Å². The van der Waals surface area contributed by atoms with E-state index in [1.54, 1.807) is 61.2 Å². The van der Waals surface area contributed by atoms with Gasteiger partial charge in [-0.3, -0.25) is 4.79 Å². The zero-order valence-corrected chi connectivity index (χ0v) is 15.4. The van der Waals surface area contributed by atoms with E-state index in [1.807, 2.05) is 6.92 Å². The van der Waals surface area contributed by atoms with Gasteiger partial charge in [0, 0.05) is 17.3 Å². The monoisotopic (exact) mass is 366 g/mol. The van der Waals surface area contributed by atoms with Gasteiger partial charge in [-0.25, -0.2) is 0 Å². The molecule has 0 spiro atoms. The summed E-state index contributed by atoms with van der Waals surface area (Å²) in [4.78, 5) is 14.6. The van der Waals surface area contributed by atoms with Gasteiger partial charge in [-0.2, -0.15) is 0 Å². The number of carbonyl (C=O) groups is 1. The molecule has 0 heterocycles. The van der Waals surface area contributed by atoms with Crippen LogP contribution in [0.4, 0.5) is 11.4 Å². The number of likely N-dealkylation sites (N-methyl/N-ethyl adjacent to an activating group) is 1. The average molecular weight is 367 g/mol. The number of nitrogens with two attached hydrogens (primary N) is 1. The lowest BCUT2D eigenvalue weighted by Crippen LogP contribution is -2.49. The molecule has 0 atom stereocenters. The van der Waals surface area contributed by atoms with Crippen LogP contribution < -0.4 is 15.4 Å². The fourth-order valence-corrected chi connectivity index (χ4v) is 2.83. The minimum Gasteiger partial charge on any atom is -0.478 e. The highest BCUT2D eigenvalue weighted by Gasteiger charge is 2.35. The molecule has 2 rings (SSSR count). The first-order chi connectivity index (χ1) is 11.2. The van der Waals surface area contributed by atoms with E-state index in [9.17, 15) is 4.79 Å². The summed E-state index contributed by atoms with van der Waals surface area (Å²) in [5.74, 6) is 0.367. The van der Waals surface area contributed by atoms with Crippen molar-refractivity contribution in [3.63, 3.8) is 0 Å². The van der Waals surface area contributed by atoms with Crippen molar-refractivity contribution >= 4 is 40.5 Å². The molecule has 1 amide bonds. The third kappa shape index (κ3) is 4.13. The van der Waals surface area contributed by atoms with Crippen LogP contribution >= 0.6 is 23.2 Å². The quantitative estimate of drug-likeness (QED) is 0.774. The van der Waals surface area contributed by atoms with Gasteiger partial charge in [0.25, 0.3) is 5.91 Å².